The predicted molar refractivity (Wildman–Crippen MR) is 65.1 cm³/mol. The molecule has 0 unspecified atom stereocenters. The van der Waals surface area contributed by atoms with Gasteiger partial charge >= 0.3 is 0 Å². The Morgan fingerprint density at radius 1 is 0.833 bits per heavy atom. The third-order valence-corrected chi connectivity index (χ3v) is 2.60. The Morgan fingerprint density at radius 2 is 1.33 bits per heavy atom. The number of benzene rings is 2. The first kappa shape index (κ1) is 11.9. The molecule has 0 aromatic heterocycles. The van der Waals surface area contributed by atoms with Gasteiger partial charge in [-0.25, -0.2) is 0 Å². The number of carbonyl (C=O) groups is 2. The second-order valence-electron chi connectivity index (χ2n) is 3.75. The van der Waals surface area contributed by atoms with Crippen molar-refractivity contribution in [2.75, 3.05) is 5.73 Å². The van der Waals surface area contributed by atoms with Crippen molar-refractivity contribution in [1.29, 1.82) is 0 Å². The highest BCUT2D eigenvalue weighted by Gasteiger charge is 2.15. The maximum Gasteiger partial charge on any atom is 0.195 e. The molecule has 0 amide bonds. The quantitative estimate of drug-likeness (QED) is 0.637. The van der Waals surface area contributed by atoms with Crippen molar-refractivity contribution in [3.8, 4) is 0 Å². The number of nitrogens with two attached hydrogens (primary N) is 1. The summed E-state index contributed by atoms with van der Waals surface area (Å²) in [5.41, 5.74) is 6.25. The smallest absolute Gasteiger partial charge is 0.195 e. The summed E-state index contributed by atoms with van der Waals surface area (Å²) >= 11 is 0. The Morgan fingerprint density at radius 3 is 1.89 bits per heavy atom. The monoisotopic (exact) mass is 240 g/mol. The van der Waals surface area contributed by atoms with Crippen LogP contribution >= 0.6 is 0 Å². The molecular weight excluding hydrogens is 230 g/mol. The summed E-state index contributed by atoms with van der Waals surface area (Å²) in [4.78, 5) is 23.2. The van der Waals surface area contributed by atoms with Crippen LogP contribution < -0.4 is 10.8 Å². The van der Waals surface area contributed by atoms with E-state index in [1.807, 2.05) is 0 Å². The van der Waals surface area contributed by atoms with Gasteiger partial charge in [-0.2, -0.15) is 0 Å². The number of aromatic carboxylic acids is 1. The maximum absolute atomic E-state index is 12.2. The number of anilines is 1. The van der Waals surface area contributed by atoms with Crippen LogP contribution in [0.5, 0.6) is 0 Å². The molecule has 90 valence electrons. The Kier molecular flexibility index (Phi) is 3.10. The number of para-hydroxylation sites is 1. The van der Waals surface area contributed by atoms with Gasteiger partial charge < -0.3 is 15.6 Å². The number of carboxylic acid groups (broad SMARTS) is 1. The van der Waals surface area contributed by atoms with Crippen LogP contribution in [0.15, 0.2) is 48.5 Å². The molecule has 0 saturated heterocycles. The molecule has 0 bridgehead atoms. The van der Waals surface area contributed by atoms with Gasteiger partial charge in [-0.15, -0.1) is 0 Å². The zero-order chi connectivity index (χ0) is 13.1. The van der Waals surface area contributed by atoms with Crippen LogP contribution in [0, 0.1) is 0 Å². The molecule has 0 heterocycles. The first-order valence-electron chi connectivity index (χ1n) is 5.31. The molecule has 4 nitrogen and oxygen atoms in total. The third-order valence-electron chi connectivity index (χ3n) is 2.60. The second kappa shape index (κ2) is 4.71. The van der Waals surface area contributed by atoms with Gasteiger partial charge in [0, 0.05) is 22.4 Å². The van der Waals surface area contributed by atoms with Crippen LogP contribution in [0.2, 0.25) is 0 Å². The fraction of sp³-hybridized carbons (Fsp3) is 0. The minimum Gasteiger partial charge on any atom is -0.545 e. The van der Waals surface area contributed by atoms with Gasteiger partial charge in [0.15, 0.2) is 5.78 Å². The number of carboxylic acids is 1. The van der Waals surface area contributed by atoms with Crippen LogP contribution in [0.4, 0.5) is 5.69 Å². The molecule has 0 saturated carbocycles. The topological polar surface area (TPSA) is 83.2 Å². The fourth-order valence-corrected chi connectivity index (χ4v) is 1.71. The lowest BCUT2D eigenvalue weighted by Gasteiger charge is -2.10. The third kappa shape index (κ3) is 2.08. The van der Waals surface area contributed by atoms with Crippen LogP contribution in [0.1, 0.15) is 26.3 Å². The molecule has 0 radical (unpaired) electrons. The van der Waals surface area contributed by atoms with E-state index >= 15 is 0 Å². The van der Waals surface area contributed by atoms with E-state index in [0.717, 1.165) is 0 Å². The van der Waals surface area contributed by atoms with Gasteiger partial charge in [0.25, 0.3) is 0 Å². The minimum atomic E-state index is -1.38. The van der Waals surface area contributed by atoms with Gasteiger partial charge in [-0.3, -0.25) is 4.79 Å². The first-order chi connectivity index (χ1) is 8.61. The summed E-state index contributed by atoms with van der Waals surface area (Å²) < 4.78 is 0. The predicted octanol–water partition coefficient (Wildman–Crippen LogP) is 0.863. The maximum atomic E-state index is 12.2. The minimum absolute atomic E-state index is 0.0791. The molecule has 4 heteroatoms. The molecule has 0 spiro atoms. The molecule has 2 rings (SSSR count). The van der Waals surface area contributed by atoms with Crippen molar-refractivity contribution >= 4 is 17.4 Å². The van der Waals surface area contributed by atoms with Crippen molar-refractivity contribution < 1.29 is 14.7 Å². The Bertz CT molecular complexity index is 620. The second-order valence-corrected chi connectivity index (χ2v) is 3.75. The first-order valence-corrected chi connectivity index (χ1v) is 5.31. The van der Waals surface area contributed by atoms with Gasteiger partial charge in [0.1, 0.15) is 0 Å². The summed E-state index contributed by atoms with van der Waals surface area (Å²) in [6, 6.07) is 12.4. The molecule has 18 heavy (non-hydrogen) atoms. The van der Waals surface area contributed by atoms with Crippen molar-refractivity contribution in [3.05, 3.63) is 65.2 Å². The van der Waals surface area contributed by atoms with E-state index in [-0.39, 0.29) is 16.7 Å². The van der Waals surface area contributed by atoms with Crippen molar-refractivity contribution in [2.45, 2.75) is 0 Å². The summed E-state index contributed by atoms with van der Waals surface area (Å²) in [5.74, 6) is -1.80. The van der Waals surface area contributed by atoms with Crippen molar-refractivity contribution in [1.82, 2.24) is 0 Å². The highest BCUT2D eigenvalue weighted by molar-refractivity contribution is 6.16. The molecule has 0 aliphatic rings. The lowest BCUT2D eigenvalue weighted by atomic mass is 9.97. The zero-order valence-electron chi connectivity index (χ0n) is 9.42. The van der Waals surface area contributed by atoms with Crippen LogP contribution in [-0.2, 0) is 0 Å². The van der Waals surface area contributed by atoms with Crippen molar-refractivity contribution in [2.24, 2.45) is 0 Å². The van der Waals surface area contributed by atoms with E-state index in [1.165, 1.54) is 18.2 Å². The highest BCUT2D eigenvalue weighted by Crippen LogP contribution is 2.18. The average Bonchev–Trinajstić information content (AvgIpc) is 2.38. The van der Waals surface area contributed by atoms with E-state index in [1.54, 1.807) is 30.3 Å². The lowest BCUT2D eigenvalue weighted by molar-refractivity contribution is -0.255. The normalized spacial score (nSPS) is 10.0. The zero-order valence-corrected chi connectivity index (χ0v) is 9.42. The summed E-state index contributed by atoms with van der Waals surface area (Å²) in [5, 5.41) is 10.9. The number of hydrogen-bond donors (Lipinski definition) is 1. The summed E-state index contributed by atoms with van der Waals surface area (Å²) in [6.45, 7) is 0. The summed E-state index contributed by atoms with van der Waals surface area (Å²) in [7, 11) is 0. The molecule has 0 atom stereocenters. The Hall–Kier alpha value is -2.62. The SMILES string of the molecule is Nc1ccccc1C(=O)c1ccccc1C(=O)[O-]. The van der Waals surface area contributed by atoms with E-state index in [4.69, 9.17) is 5.73 Å². The van der Waals surface area contributed by atoms with Crippen molar-refractivity contribution in [3.63, 3.8) is 0 Å². The highest BCUT2D eigenvalue weighted by atomic mass is 16.4. The Labute approximate surface area is 104 Å². The number of nitrogen functional groups attached to an aromatic ring is 1. The molecule has 0 fully saturated rings. The number of rotatable bonds is 3. The molecule has 2 aromatic carbocycles. The van der Waals surface area contributed by atoms with Gasteiger partial charge in [0.2, 0.25) is 0 Å². The molecule has 0 aliphatic heterocycles. The Balaban J connectivity index is 2.54. The standard InChI is InChI=1S/C14H11NO3/c15-12-8-4-3-7-11(12)13(16)9-5-1-2-6-10(9)14(17)18/h1-8H,15H2,(H,17,18)/p-1. The molecule has 2 aromatic rings. The molecule has 0 aliphatic carbocycles. The summed E-state index contributed by atoms with van der Waals surface area (Å²) in [6.07, 6.45) is 0. The van der Waals surface area contributed by atoms with Crippen LogP contribution in [-0.4, -0.2) is 11.8 Å². The number of ketones is 1. The van der Waals surface area contributed by atoms with E-state index < -0.39 is 11.8 Å². The fourth-order valence-electron chi connectivity index (χ4n) is 1.71. The number of hydrogen-bond acceptors (Lipinski definition) is 4. The van der Waals surface area contributed by atoms with Gasteiger partial charge in [-0.1, -0.05) is 36.4 Å². The van der Waals surface area contributed by atoms with E-state index in [2.05, 4.69) is 0 Å². The largest absolute Gasteiger partial charge is 0.545 e. The van der Waals surface area contributed by atoms with E-state index in [0.29, 0.717) is 5.69 Å². The number of carbonyl (C=O) groups excluding carboxylic acids is 2. The van der Waals surface area contributed by atoms with Gasteiger partial charge in [-0.05, 0) is 12.1 Å². The molecule has 2 N–H and O–H groups in total. The lowest BCUT2D eigenvalue weighted by Crippen LogP contribution is -2.25. The average molecular weight is 240 g/mol. The van der Waals surface area contributed by atoms with Gasteiger partial charge in [0.05, 0.1) is 5.97 Å². The van der Waals surface area contributed by atoms with Crippen LogP contribution in [0.3, 0.4) is 0 Å². The van der Waals surface area contributed by atoms with E-state index in [9.17, 15) is 14.7 Å². The molecular formula is C14H10NO3-. The van der Waals surface area contributed by atoms with Crippen LogP contribution in [0.25, 0.3) is 0 Å².